The number of amides is 1. The minimum Gasteiger partial charge on any atom is -0.386 e. The van der Waals surface area contributed by atoms with Gasteiger partial charge in [-0.3, -0.25) is 9.78 Å². The number of rotatable bonds is 7. The Hall–Kier alpha value is -1.62. The fraction of sp³-hybridized carbons (Fsp3) is 0.538. The van der Waals surface area contributed by atoms with Crippen molar-refractivity contribution >= 4 is 11.6 Å². The molecule has 1 aromatic rings. The topological polar surface area (TPSA) is 63.2 Å². The molecule has 98 valence electrons. The maximum absolute atomic E-state index is 11.9. The summed E-state index contributed by atoms with van der Waals surface area (Å²) in [6, 6.07) is 1.70. The summed E-state index contributed by atoms with van der Waals surface area (Å²) in [5, 5.41) is 5.78. The van der Waals surface area contributed by atoms with Crippen LogP contribution in [0.5, 0.6) is 0 Å². The van der Waals surface area contributed by atoms with Crippen LogP contribution < -0.4 is 10.6 Å². The van der Waals surface area contributed by atoms with E-state index in [-0.39, 0.29) is 5.91 Å². The van der Waals surface area contributed by atoms with Crippen molar-refractivity contribution in [2.24, 2.45) is 5.92 Å². The number of hydrogen-bond donors (Lipinski definition) is 2. The lowest BCUT2D eigenvalue weighted by Crippen LogP contribution is -2.28. The fourth-order valence-electron chi connectivity index (χ4n) is 1.66. The Morgan fingerprint density at radius 2 is 2.39 bits per heavy atom. The first-order chi connectivity index (χ1) is 8.81. The third-order valence-corrected chi connectivity index (χ3v) is 2.92. The van der Waals surface area contributed by atoms with E-state index in [9.17, 15) is 4.79 Å². The van der Waals surface area contributed by atoms with Crippen molar-refractivity contribution < 1.29 is 9.53 Å². The van der Waals surface area contributed by atoms with Crippen LogP contribution in [0.15, 0.2) is 18.5 Å². The molecule has 1 aliphatic carbocycles. The van der Waals surface area contributed by atoms with E-state index in [0.29, 0.717) is 18.7 Å². The molecule has 1 heterocycles. The fourth-order valence-corrected chi connectivity index (χ4v) is 1.66. The molecule has 0 atom stereocenters. The van der Waals surface area contributed by atoms with Gasteiger partial charge < -0.3 is 15.4 Å². The smallest absolute Gasteiger partial charge is 0.253 e. The quantitative estimate of drug-likeness (QED) is 0.715. The number of hydrogen-bond acceptors (Lipinski definition) is 4. The van der Waals surface area contributed by atoms with Gasteiger partial charge in [0.25, 0.3) is 5.91 Å². The molecule has 1 amide bonds. The van der Waals surface area contributed by atoms with Crippen LogP contribution in [0.3, 0.4) is 0 Å². The molecule has 1 saturated carbocycles. The summed E-state index contributed by atoms with van der Waals surface area (Å²) in [5.41, 5.74) is 1.34. The molecular weight excluding hydrogens is 230 g/mol. The summed E-state index contributed by atoms with van der Waals surface area (Å²) in [6.07, 6.45) is 5.82. The summed E-state index contributed by atoms with van der Waals surface area (Å²) < 4.78 is 5.46. The summed E-state index contributed by atoms with van der Waals surface area (Å²) in [4.78, 5) is 15.9. The average Bonchev–Trinajstić information content (AvgIpc) is 3.22. The van der Waals surface area contributed by atoms with Gasteiger partial charge in [-0.25, -0.2) is 0 Å². The first-order valence-corrected chi connectivity index (χ1v) is 6.29. The molecule has 2 rings (SSSR count). The van der Waals surface area contributed by atoms with Crippen molar-refractivity contribution in [2.45, 2.75) is 12.8 Å². The second kappa shape index (κ2) is 6.35. The second-order valence-corrected chi connectivity index (χ2v) is 4.45. The lowest BCUT2D eigenvalue weighted by molar-refractivity contribution is 0.0907. The van der Waals surface area contributed by atoms with Gasteiger partial charge in [-0.05, 0) is 24.8 Å². The van der Waals surface area contributed by atoms with Gasteiger partial charge in [0.2, 0.25) is 0 Å². The lowest BCUT2D eigenvalue weighted by Gasteiger charge is -2.09. The van der Waals surface area contributed by atoms with Crippen LogP contribution in [0.1, 0.15) is 23.2 Å². The third-order valence-electron chi connectivity index (χ3n) is 2.92. The predicted molar refractivity (Wildman–Crippen MR) is 69.7 cm³/mol. The summed E-state index contributed by atoms with van der Waals surface area (Å²) in [5.74, 6) is 0.661. The normalized spacial score (nSPS) is 14.3. The van der Waals surface area contributed by atoms with Crippen LogP contribution in [0, 0.1) is 5.92 Å². The molecule has 2 N–H and O–H groups in total. The van der Waals surface area contributed by atoms with Gasteiger partial charge >= 0.3 is 0 Å². The molecule has 5 nitrogen and oxygen atoms in total. The standard InChI is InChI=1S/C13H19N3O2/c1-14-12-8-15-5-4-11(12)13(17)16-6-7-18-9-10-2-3-10/h4-5,8,10,14H,2-3,6-7,9H2,1H3,(H,16,17). The molecular formula is C13H19N3O2. The Morgan fingerprint density at radius 1 is 1.56 bits per heavy atom. The summed E-state index contributed by atoms with van der Waals surface area (Å²) in [7, 11) is 1.77. The van der Waals surface area contributed by atoms with E-state index < -0.39 is 0 Å². The SMILES string of the molecule is CNc1cnccc1C(=O)NCCOCC1CC1. The zero-order valence-corrected chi connectivity index (χ0v) is 10.6. The molecule has 18 heavy (non-hydrogen) atoms. The first-order valence-electron chi connectivity index (χ1n) is 6.29. The Balaban J connectivity index is 1.72. The maximum atomic E-state index is 11.9. The van der Waals surface area contributed by atoms with Gasteiger partial charge in [0.1, 0.15) is 0 Å². The lowest BCUT2D eigenvalue weighted by atomic mass is 10.2. The molecule has 0 bridgehead atoms. The number of ether oxygens (including phenoxy) is 1. The number of aromatic nitrogens is 1. The van der Waals surface area contributed by atoms with Crippen LogP contribution in [0.25, 0.3) is 0 Å². The van der Waals surface area contributed by atoms with Crippen molar-refractivity contribution in [1.82, 2.24) is 10.3 Å². The minimum absolute atomic E-state index is 0.100. The zero-order chi connectivity index (χ0) is 12.8. The number of pyridine rings is 1. The Bertz CT molecular complexity index is 405. The first kappa shape index (κ1) is 12.8. The van der Waals surface area contributed by atoms with Crippen LogP contribution in [0.4, 0.5) is 5.69 Å². The molecule has 1 fully saturated rings. The highest BCUT2D eigenvalue weighted by molar-refractivity contribution is 5.99. The highest BCUT2D eigenvalue weighted by Gasteiger charge is 2.20. The van der Waals surface area contributed by atoms with Crippen molar-refractivity contribution in [1.29, 1.82) is 0 Å². The van der Waals surface area contributed by atoms with Gasteiger partial charge in [-0.2, -0.15) is 0 Å². The van der Waals surface area contributed by atoms with Gasteiger partial charge in [0.05, 0.1) is 24.1 Å². The van der Waals surface area contributed by atoms with E-state index in [1.807, 2.05) is 0 Å². The average molecular weight is 249 g/mol. The van der Waals surface area contributed by atoms with Crippen LogP contribution in [0.2, 0.25) is 0 Å². The summed E-state index contributed by atoms with van der Waals surface area (Å²) >= 11 is 0. The second-order valence-electron chi connectivity index (χ2n) is 4.45. The largest absolute Gasteiger partial charge is 0.386 e. The van der Waals surface area contributed by atoms with Gasteiger partial charge in [-0.1, -0.05) is 0 Å². The minimum atomic E-state index is -0.100. The van der Waals surface area contributed by atoms with E-state index in [2.05, 4.69) is 15.6 Å². The van der Waals surface area contributed by atoms with Crippen LogP contribution >= 0.6 is 0 Å². The monoisotopic (exact) mass is 249 g/mol. The number of nitrogens with zero attached hydrogens (tertiary/aromatic N) is 1. The zero-order valence-electron chi connectivity index (χ0n) is 10.6. The number of anilines is 1. The van der Waals surface area contributed by atoms with Gasteiger partial charge in [-0.15, -0.1) is 0 Å². The molecule has 0 unspecified atom stereocenters. The van der Waals surface area contributed by atoms with Crippen molar-refractivity contribution in [3.8, 4) is 0 Å². The molecule has 1 aliphatic rings. The predicted octanol–water partition coefficient (Wildman–Crippen LogP) is 1.28. The molecule has 0 saturated heterocycles. The van der Waals surface area contributed by atoms with Gasteiger partial charge in [0, 0.05) is 26.4 Å². The molecule has 1 aromatic heterocycles. The van der Waals surface area contributed by atoms with Crippen molar-refractivity contribution in [3.63, 3.8) is 0 Å². The van der Waals surface area contributed by atoms with E-state index in [0.717, 1.165) is 18.2 Å². The third kappa shape index (κ3) is 3.70. The summed E-state index contributed by atoms with van der Waals surface area (Å²) in [6.45, 7) is 1.94. The number of nitrogens with one attached hydrogen (secondary N) is 2. The molecule has 0 radical (unpaired) electrons. The van der Waals surface area contributed by atoms with Crippen LogP contribution in [-0.4, -0.2) is 37.7 Å². The Labute approximate surface area is 107 Å². The highest BCUT2D eigenvalue weighted by Crippen LogP contribution is 2.28. The molecule has 0 aliphatic heterocycles. The van der Waals surface area contributed by atoms with Crippen molar-refractivity contribution in [2.75, 3.05) is 32.1 Å². The molecule has 0 aromatic carbocycles. The van der Waals surface area contributed by atoms with Crippen LogP contribution in [-0.2, 0) is 4.74 Å². The van der Waals surface area contributed by atoms with Gasteiger partial charge in [0.15, 0.2) is 0 Å². The Morgan fingerprint density at radius 3 is 3.11 bits per heavy atom. The van der Waals surface area contributed by atoms with E-state index in [1.165, 1.54) is 12.8 Å². The van der Waals surface area contributed by atoms with E-state index >= 15 is 0 Å². The van der Waals surface area contributed by atoms with E-state index in [1.54, 1.807) is 25.5 Å². The molecule has 5 heteroatoms. The number of carbonyl (C=O) groups excluding carboxylic acids is 1. The van der Waals surface area contributed by atoms with Crippen molar-refractivity contribution in [3.05, 3.63) is 24.0 Å². The maximum Gasteiger partial charge on any atom is 0.253 e. The Kier molecular flexibility index (Phi) is 4.52. The van der Waals surface area contributed by atoms with E-state index in [4.69, 9.17) is 4.74 Å². The molecule has 0 spiro atoms. The number of carbonyl (C=O) groups is 1. The highest BCUT2D eigenvalue weighted by atomic mass is 16.5.